The summed E-state index contributed by atoms with van der Waals surface area (Å²) in [6.45, 7) is 7.99. The number of allylic oxidation sites excluding steroid dienone is 3. The number of carbonyl (C=O) groups is 2. The summed E-state index contributed by atoms with van der Waals surface area (Å²) in [5, 5.41) is 6.05. The highest BCUT2D eigenvalue weighted by Crippen LogP contribution is 2.47. The van der Waals surface area contributed by atoms with Crippen molar-refractivity contribution in [3.05, 3.63) is 88.0 Å². The van der Waals surface area contributed by atoms with E-state index in [1.165, 1.54) is 12.1 Å². The number of amides is 1. The number of hydrogen-bond donors (Lipinski definition) is 2. The van der Waals surface area contributed by atoms with Gasteiger partial charge in [0.25, 0.3) is 5.91 Å². The standard InChI is InChI=1S/C26H27FN2O2/c1-15-9-5-6-10-17(15)23-22(25(31)29-19-12-8-7-11-18(19)27)16(2)28-20-13-26(3,4)14-21(30)24(20)23/h5-12,23,28H,13-14H2,1-4H3,(H,29,31)/t23-/m0/s1. The Hall–Kier alpha value is -3.21. The van der Waals surface area contributed by atoms with Gasteiger partial charge in [0.05, 0.1) is 5.69 Å². The number of halogens is 1. The Morgan fingerprint density at radius 1 is 1.06 bits per heavy atom. The summed E-state index contributed by atoms with van der Waals surface area (Å²) in [6, 6.07) is 13.9. The zero-order valence-electron chi connectivity index (χ0n) is 18.3. The molecule has 2 aromatic carbocycles. The van der Waals surface area contributed by atoms with E-state index in [2.05, 4.69) is 24.5 Å². The number of aryl methyl sites for hydroxylation is 1. The monoisotopic (exact) mass is 418 g/mol. The molecule has 0 spiro atoms. The van der Waals surface area contributed by atoms with Crippen LogP contribution in [0.15, 0.2) is 71.1 Å². The maximum atomic E-state index is 14.2. The van der Waals surface area contributed by atoms with Crippen LogP contribution in [0.3, 0.4) is 0 Å². The van der Waals surface area contributed by atoms with Crippen LogP contribution in [-0.2, 0) is 9.59 Å². The molecule has 2 aromatic rings. The van der Waals surface area contributed by atoms with Gasteiger partial charge in [-0.2, -0.15) is 0 Å². The molecule has 0 fully saturated rings. The average molecular weight is 419 g/mol. The highest BCUT2D eigenvalue weighted by molar-refractivity contribution is 6.10. The summed E-state index contributed by atoms with van der Waals surface area (Å²) in [4.78, 5) is 26.7. The maximum Gasteiger partial charge on any atom is 0.254 e. The topological polar surface area (TPSA) is 58.2 Å². The number of nitrogens with one attached hydrogen (secondary N) is 2. The van der Waals surface area contributed by atoms with Crippen LogP contribution in [0.4, 0.5) is 10.1 Å². The van der Waals surface area contributed by atoms with Crippen molar-refractivity contribution in [3.8, 4) is 0 Å². The molecule has 2 aliphatic rings. The molecule has 0 radical (unpaired) electrons. The lowest BCUT2D eigenvalue weighted by molar-refractivity contribution is -0.118. The van der Waals surface area contributed by atoms with Crippen LogP contribution in [0.1, 0.15) is 50.7 Å². The highest BCUT2D eigenvalue weighted by atomic mass is 19.1. The van der Waals surface area contributed by atoms with E-state index in [0.29, 0.717) is 23.3 Å². The van der Waals surface area contributed by atoms with Crippen molar-refractivity contribution in [1.82, 2.24) is 5.32 Å². The summed E-state index contributed by atoms with van der Waals surface area (Å²) >= 11 is 0. The quantitative estimate of drug-likeness (QED) is 0.704. The van der Waals surface area contributed by atoms with E-state index in [9.17, 15) is 14.0 Å². The number of rotatable bonds is 3. The zero-order chi connectivity index (χ0) is 22.3. The van der Waals surface area contributed by atoms with Crippen LogP contribution in [0.5, 0.6) is 0 Å². The summed E-state index contributed by atoms with van der Waals surface area (Å²) in [5.41, 5.74) is 4.56. The van der Waals surface area contributed by atoms with Crippen molar-refractivity contribution >= 4 is 17.4 Å². The van der Waals surface area contributed by atoms with Crippen molar-refractivity contribution in [1.29, 1.82) is 0 Å². The molecule has 0 aromatic heterocycles. The molecule has 1 heterocycles. The highest BCUT2D eigenvalue weighted by Gasteiger charge is 2.43. The van der Waals surface area contributed by atoms with E-state index in [1.807, 2.05) is 38.1 Å². The predicted molar refractivity (Wildman–Crippen MR) is 120 cm³/mol. The van der Waals surface area contributed by atoms with Crippen LogP contribution in [0, 0.1) is 18.2 Å². The van der Waals surface area contributed by atoms with E-state index in [-0.39, 0.29) is 16.9 Å². The SMILES string of the molecule is CC1=C(C(=O)Nc2ccccc2F)[C@H](c2ccccc2C)C2=C(CC(C)(C)CC2=O)N1. The Bertz CT molecular complexity index is 1140. The Morgan fingerprint density at radius 2 is 1.74 bits per heavy atom. The molecule has 1 amide bonds. The lowest BCUT2D eigenvalue weighted by atomic mass is 9.68. The fourth-order valence-electron chi connectivity index (χ4n) is 4.71. The normalized spacial score (nSPS) is 20.3. The Labute approximate surface area is 182 Å². The number of hydrogen-bond acceptors (Lipinski definition) is 3. The number of carbonyl (C=O) groups excluding carboxylic acids is 2. The molecule has 0 saturated heterocycles. The molecule has 0 saturated carbocycles. The molecule has 0 unspecified atom stereocenters. The smallest absolute Gasteiger partial charge is 0.254 e. The summed E-state index contributed by atoms with van der Waals surface area (Å²) in [6.07, 6.45) is 1.16. The largest absolute Gasteiger partial charge is 0.362 e. The van der Waals surface area contributed by atoms with Gasteiger partial charge >= 0.3 is 0 Å². The zero-order valence-corrected chi connectivity index (χ0v) is 18.3. The summed E-state index contributed by atoms with van der Waals surface area (Å²) < 4.78 is 14.2. The van der Waals surface area contributed by atoms with Crippen molar-refractivity contribution in [3.63, 3.8) is 0 Å². The van der Waals surface area contributed by atoms with Crippen molar-refractivity contribution in [2.75, 3.05) is 5.32 Å². The van der Waals surface area contributed by atoms with Crippen molar-refractivity contribution < 1.29 is 14.0 Å². The molecular formula is C26H27FN2O2. The van der Waals surface area contributed by atoms with Gasteiger partial charge in [-0.1, -0.05) is 50.2 Å². The van der Waals surface area contributed by atoms with Crippen LogP contribution < -0.4 is 10.6 Å². The van der Waals surface area contributed by atoms with Gasteiger partial charge in [0.1, 0.15) is 5.82 Å². The summed E-state index contributed by atoms with van der Waals surface area (Å²) in [5.74, 6) is -1.35. The molecule has 2 N–H and O–H groups in total. The lowest BCUT2D eigenvalue weighted by Gasteiger charge is -2.40. The third-order valence-electron chi connectivity index (χ3n) is 6.11. The number of Topliss-reactive ketones (excluding diaryl/α,β-unsaturated/α-hetero) is 1. The first-order chi connectivity index (χ1) is 14.7. The van der Waals surface area contributed by atoms with E-state index < -0.39 is 17.6 Å². The first-order valence-corrected chi connectivity index (χ1v) is 10.5. The molecule has 1 atom stereocenters. The molecule has 0 bridgehead atoms. The average Bonchev–Trinajstić information content (AvgIpc) is 2.68. The van der Waals surface area contributed by atoms with Gasteiger partial charge in [-0.05, 0) is 48.9 Å². The lowest BCUT2D eigenvalue weighted by Crippen LogP contribution is -2.39. The third kappa shape index (κ3) is 3.92. The minimum Gasteiger partial charge on any atom is -0.362 e. The molecule has 1 aliphatic heterocycles. The Balaban J connectivity index is 1.84. The molecule has 5 heteroatoms. The molecule has 31 heavy (non-hydrogen) atoms. The second kappa shape index (κ2) is 7.80. The fourth-order valence-corrected chi connectivity index (χ4v) is 4.71. The first-order valence-electron chi connectivity index (χ1n) is 10.5. The van der Waals surface area contributed by atoms with E-state index >= 15 is 0 Å². The Kier molecular flexibility index (Phi) is 5.29. The van der Waals surface area contributed by atoms with Crippen molar-refractivity contribution in [2.24, 2.45) is 5.41 Å². The van der Waals surface area contributed by atoms with Gasteiger partial charge in [-0.3, -0.25) is 9.59 Å². The summed E-state index contributed by atoms with van der Waals surface area (Å²) in [7, 11) is 0. The van der Waals surface area contributed by atoms with Crippen LogP contribution in [0.25, 0.3) is 0 Å². The number of para-hydroxylation sites is 1. The number of anilines is 1. The minimum absolute atomic E-state index is 0.0516. The second-order valence-electron chi connectivity index (χ2n) is 9.22. The van der Waals surface area contributed by atoms with Crippen LogP contribution in [-0.4, -0.2) is 11.7 Å². The first kappa shape index (κ1) is 21.0. The predicted octanol–water partition coefficient (Wildman–Crippen LogP) is 5.38. The molecular weight excluding hydrogens is 391 g/mol. The second-order valence-corrected chi connectivity index (χ2v) is 9.22. The van der Waals surface area contributed by atoms with E-state index in [1.54, 1.807) is 12.1 Å². The number of ketones is 1. The number of dihydropyridines is 1. The third-order valence-corrected chi connectivity index (χ3v) is 6.11. The fraction of sp³-hybridized carbons (Fsp3) is 0.308. The van der Waals surface area contributed by atoms with E-state index in [0.717, 1.165) is 23.2 Å². The van der Waals surface area contributed by atoms with Gasteiger partial charge in [0.15, 0.2) is 5.78 Å². The maximum absolute atomic E-state index is 14.2. The Morgan fingerprint density at radius 3 is 2.45 bits per heavy atom. The van der Waals surface area contributed by atoms with Gasteiger partial charge in [0, 0.05) is 34.9 Å². The van der Waals surface area contributed by atoms with E-state index in [4.69, 9.17) is 0 Å². The molecule has 160 valence electrons. The molecule has 1 aliphatic carbocycles. The van der Waals surface area contributed by atoms with Crippen LogP contribution in [0.2, 0.25) is 0 Å². The van der Waals surface area contributed by atoms with Gasteiger partial charge in [0.2, 0.25) is 0 Å². The minimum atomic E-state index is -0.499. The molecule has 4 rings (SSSR count). The van der Waals surface area contributed by atoms with Crippen LogP contribution >= 0.6 is 0 Å². The van der Waals surface area contributed by atoms with Crippen molar-refractivity contribution in [2.45, 2.75) is 46.5 Å². The van der Waals surface area contributed by atoms with Gasteiger partial charge in [-0.25, -0.2) is 4.39 Å². The van der Waals surface area contributed by atoms with Gasteiger partial charge < -0.3 is 10.6 Å². The van der Waals surface area contributed by atoms with Gasteiger partial charge in [-0.15, -0.1) is 0 Å². The molecule has 4 nitrogen and oxygen atoms in total. The number of benzene rings is 2.